The number of carbonyl (C=O) groups is 1. The Kier molecular flexibility index (Phi) is 5.54. The highest BCUT2D eigenvalue weighted by Crippen LogP contribution is 2.23. The monoisotopic (exact) mass is 365 g/mol. The number of nitrogens with one attached hydrogen (secondary N) is 1. The number of aryl methyl sites for hydroxylation is 3. The first-order chi connectivity index (χ1) is 12.9. The molecule has 0 spiro atoms. The third kappa shape index (κ3) is 4.73. The number of amides is 1. The van der Waals surface area contributed by atoms with Crippen LogP contribution in [0.3, 0.4) is 0 Å². The van der Waals surface area contributed by atoms with Gasteiger partial charge in [0.25, 0.3) is 5.91 Å². The molecule has 27 heavy (non-hydrogen) atoms. The minimum Gasteiger partial charge on any atom is -0.483 e. The van der Waals surface area contributed by atoms with Crippen LogP contribution in [0.25, 0.3) is 11.4 Å². The van der Waals surface area contributed by atoms with Gasteiger partial charge in [-0.2, -0.15) is 4.98 Å². The van der Waals surface area contributed by atoms with Crippen molar-refractivity contribution >= 4 is 5.91 Å². The highest BCUT2D eigenvalue weighted by atomic mass is 16.5. The van der Waals surface area contributed by atoms with E-state index >= 15 is 0 Å². The molecule has 6 nitrogen and oxygen atoms in total. The molecule has 0 aliphatic carbocycles. The fraction of sp³-hybridized carbons (Fsp3) is 0.286. The molecule has 0 bridgehead atoms. The molecule has 1 N–H and O–H groups in total. The van der Waals surface area contributed by atoms with Gasteiger partial charge in [-0.25, -0.2) is 0 Å². The highest BCUT2D eigenvalue weighted by Gasteiger charge is 2.11. The maximum atomic E-state index is 12.1. The van der Waals surface area contributed by atoms with Gasteiger partial charge in [-0.1, -0.05) is 41.1 Å². The summed E-state index contributed by atoms with van der Waals surface area (Å²) >= 11 is 0. The topological polar surface area (TPSA) is 77.2 Å². The molecular formula is C21H23N3O3. The highest BCUT2D eigenvalue weighted by molar-refractivity contribution is 5.77. The summed E-state index contributed by atoms with van der Waals surface area (Å²) in [5.74, 6) is 1.33. The van der Waals surface area contributed by atoms with Crippen LogP contribution in [0.5, 0.6) is 5.75 Å². The average Bonchev–Trinajstić information content (AvgIpc) is 3.11. The van der Waals surface area contributed by atoms with Gasteiger partial charge in [0.15, 0.2) is 6.61 Å². The van der Waals surface area contributed by atoms with E-state index in [0.717, 1.165) is 33.6 Å². The fourth-order valence-electron chi connectivity index (χ4n) is 2.67. The van der Waals surface area contributed by atoms with Crippen LogP contribution in [0, 0.1) is 27.7 Å². The Morgan fingerprint density at radius 1 is 1.07 bits per heavy atom. The van der Waals surface area contributed by atoms with E-state index in [9.17, 15) is 4.79 Å². The van der Waals surface area contributed by atoms with Gasteiger partial charge in [-0.3, -0.25) is 4.79 Å². The lowest BCUT2D eigenvalue weighted by atomic mass is 10.1. The summed E-state index contributed by atoms with van der Waals surface area (Å²) in [5, 5.41) is 6.68. The number of aromatic nitrogens is 2. The lowest BCUT2D eigenvalue weighted by Gasteiger charge is -2.12. The summed E-state index contributed by atoms with van der Waals surface area (Å²) in [4.78, 5) is 16.4. The summed E-state index contributed by atoms with van der Waals surface area (Å²) < 4.78 is 10.9. The van der Waals surface area contributed by atoms with Crippen molar-refractivity contribution in [3.63, 3.8) is 0 Å². The molecular weight excluding hydrogens is 342 g/mol. The largest absolute Gasteiger partial charge is 0.483 e. The van der Waals surface area contributed by atoms with Crippen LogP contribution in [0.4, 0.5) is 0 Å². The molecule has 0 atom stereocenters. The molecule has 1 amide bonds. The Hall–Kier alpha value is -3.15. The molecule has 0 saturated carbocycles. The lowest BCUT2D eigenvalue weighted by molar-refractivity contribution is -0.123. The summed E-state index contributed by atoms with van der Waals surface area (Å²) in [6.07, 6.45) is 0. The summed E-state index contributed by atoms with van der Waals surface area (Å²) in [7, 11) is 0. The maximum absolute atomic E-state index is 12.1. The number of hydrogen-bond acceptors (Lipinski definition) is 5. The molecule has 3 aromatic rings. The van der Waals surface area contributed by atoms with E-state index in [1.54, 1.807) is 0 Å². The maximum Gasteiger partial charge on any atom is 0.258 e. The van der Waals surface area contributed by atoms with Gasteiger partial charge in [-0.15, -0.1) is 0 Å². The number of ether oxygens (including phenoxy) is 1. The molecule has 3 rings (SSSR count). The second-order valence-corrected chi connectivity index (χ2v) is 6.65. The molecule has 2 aromatic carbocycles. The van der Waals surface area contributed by atoms with E-state index in [-0.39, 0.29) is 19.1 Å². The van der Waals surface area contributed by atoms with E-state index in [2.05, 4.69) is 21.5 Å². The van der Waals surface area contributed by atoms with Crippen molar-refractivity contribution < 1.29 is 14.1 Å². The van der Waals surface area contributed by atoms with Gasteiger partial charge in [0, 0.05) is 5.56 Å². The van der Waals surface area contributed by atoms with Gasteiger partial charge in [0.2, 0.25) is 11.7 Å². The first-order valence-electron chi connectivity index (χ1n) is 8.79. The summed E-state index contributed by atoms with van der Waals surface area (Å²) in [6, 6.07) is 11.9. The minimum absolute atomic E-state index is 0.0668. The van der Waals surface area contributed by atoms with E-state index in [0.29, 0.717) is 11.7 Å². The predicted molar refractivity (Wildman–Crippen MR) is 102 cm³/mol. The molecule has 1 aromatic heterocycles. The van der Waals surface area contributed by atoms with Crippen molar-refractivity contribution in [3.05, 3.63) is 64.5 Å². The van der Waals surface area contributed by atoms with Crippen molar-refractivity contribution in [1.82, 2.24) is 15.5 Å². The molecule has 0 unspecified atom stereocenters. The number of benzene rings is 2. The van der Waals surface area contributed by atoms with E-state index < -0.39 is 0 Å². The van der Waals surface area contributed by atoms with Crippen molar-refractivity contribution in [1.29, 1.82) is 0 Å². The van der Waals surface area contributed by atoms with Crippen molar-refractivity contribution in [2.45, 2.75) is 34.2 Å². The number of carbonyl (C=O) groups excluding carboxylic acids is 1. The Bertz CT molecular complexity index is 946. The third-order valence-electron chi connectivity index (χ3n) is 4.34. The number of nitrogens with zero attached hydrogens (tertiary/aromatic N) is 2. The zero-order valence-corrected chi connectivity index (χ0v) is 16.0. The van der Waals surface area contributed by atoms with Crippen LogP contribution >= 0.6 is 0 Å². The van der Waals surface area contributed by atoms with Crippen LogP contribution in [0.1, 0.15) is 28.1 Å². The smallest absolute Gasteiger partial charge is 0.258 e. The molecule has 0 aliphatic rings. The van der Waals surface area contributed by atoms with Crippen molar-refractivity contribution in [3.8, 4) is 17.1 Å². The fourth-order valence-corrected chi connectivity index (χ4v) is 2.67. The van der Waals surface area contributed by atoms with Gasteiger partial charge in [-0.05, 0) is 50.5 Å². The summed E-state index contributed by atoms with van der Waals surface area (Å²) in [5.41, 5.74) is 5.31. The van der Waals surface area contributed by atoms with Gasteiger partial charge < -0.3 is 14.6 Å². The Labute approximate surface area is 158 Å². The first-order valence-corrected chi connectivity index (χ1v) is 8.79. The zero-order valence-electron chi connectivity index (χ0n) is 16.0. The second-order valence-electron chi connectivity index (χ2n) is 6.65. The molecule has 0 fully saturated rings. The van der Waals surface area contributed by atoms with Crippen LogP contribution in [0.15, 0.2) is 40.9 Å². The lowest BCUT2D eigenvalue weighted by Crippen LogP contribution is -2.28. The van der Waals surface area contributed by atoms with Crippen molar-refractivity contribution in [2.24, 2.45) is 0 Å². The normalized spacial score (nSPS) is 10.7. The number of rotatable bonds is 6. The molecule has 0 radical (unpaired) electrons. The van der Waals surface area contributed by atoms with Gasteiger partial charge in [0.1, 0.15) is 5.75 Å². The van der Waals surface area contributed by atoms with E-state index in [1.807, 2.05) is 58.0 Å². The van der Waals surface area contributed by atoms with Crippen molar-refractivity contribution in [2.75, 3.05) is 6.61 Å². The standard InChI is InChI=1S/C21H23N3O3/c1-13-5-7-17(8-6-13)21-23-20(27-24-21)11-22-19(25)12-26-18-10-14(2)9-15(3)16(18)4/h5-10H,11-12H2,1-4H3,(H,22,25). The molecule has 140 valence electrons. The van der Waals surface area contributed by atoms with Crippen LogP contribution < -0.4 is 10.1 Å². The molecule has 0 aliphatic heterocycles. The van der Waals surface area contributed by atoms with Crippen LogP contribution in [-0.2, 0) is 11.3 Å². The molecule has 0 saturated heterocycles. The minimum atomic E-state index is -0.247. The SMILES string of the molecule is Cc1ccc(-c2noc(CNC(=O)COc3cc(C)cc(C)c3C)n2)cc1. The van der Waals surface area contributed by atoms with Crippen LogP contribution in [0.2, 0.25) is 0 Å². The second kappa shape index (κ2) is 8.03. The van der Waals surface area contributed by atoms with E-state index in [1.165, 1.54) is 0 Å². The third-order valence-corrected chi connectivity index (χ3v) is 4.34. The van der Waals surface area contributed by atoms with E-state index in [4.69, 9.17) is 9.26 Å². The van der Waals surface area contributed by atoms with Crippen LogP contribution in [-0.4, -0.2) is 22.7 Å². The summed E-state index contributed by atoms with van der Waals surface area (Å²) in [6.45, 7) is 8.11. The molecule has 6 heteroatoms. The first kappa shape index (κ1) is 18.6. The average molecular weight is 365 g/mol. The number of hydrogen-bond donors (Lipinski definition) is 1. The predicted octanol–water partition coefficient (Wildman–Crippen LogP) is 3.67. The molecule has 1 heterocycles. The van der Waals surface area contributed by atoms with Gasteiger partial charge in [0.05, 0.1) is 6.54 Å². The Morgan fingerprint density at radius 2 is 1.81 bits per heavy atom. The Morgan fingerprint density at radius 3 is 2.56 bits per heavy atom. The quantitative estimate of drug-likeness (QED) is 0.721. The Balaban J connectivity index is 1.53. The van der Waals surface area contributed by atoms with Gasteiger partial charge >= 0.3 is 0 Å². The zero-order chi connectivity index (χ0) is 19.4.